The number of rotatable bonds is 4. The van der Waals surface area contributed by atoms with E-state index in [2.05, 4.69) is 20.3 Å². The van der Waals surface area contributed by atoms with E-state index >= 15 is 0 Å². The number of halogens is 1. The second-order valence-electron chi connectivity index (χ2n) is 4.15. The van der Waals surface area contributed by atoms with Crippen LogP contribution in [0.1, 0.15) is 30.0 Å². The van der Waals surface area contributed by atoms with Gasteiger partial charge in [0.1, 0.15) is 11.6 Å². The highest BCUT2D eigenvalue weighted by atomic mass is 35.5. The van der Waals surface area contributed by atoms with E-state index < -0.39 is 0 Å². The van der Waals surface area contributed by atoms with Crippen molar-refractivity contribution >= 4 is 17.4 Å². The third kappa shape index (κ3) is 3.19. The van der Waals surface area contributed by atoms with Crippen molar-refractivity contribution in [3.8, 4) is 0 Å². The van der Waals surface area contributed by atoms with Gasteiger partial charge in [0.15, 0.2) is 0 Å². The van der Waals surface area contributed by atoms with Crippen LogP contribution in [-0.2, 0) is 0 Å². The van der Waals surface area contributed by atoms with Crippen LogP contribution < -0.4 is 11.1 Å². The SMILES string of the molecule is CCNC(c1ccnc(C)n1)c1cc(Cl)cnc1N. The second-order valence-corrected chi connectivity index (χ2v) is 4.58. The molecule has 5 nitrogen and oxygen atoms in total. The van der Waals surface area contributed by atoms with E-state index in [4.69, 9.17) is 17.3 Å². The quantitative estimate of drug-likeness (QED) is 0.895. The highest BCUT2D eigenvalue weighted by molar-refractivity contribution is 6.30. The number of anilines is 1. The van der Waals surface area contributed by atoms with E-state index in [9.17, 15) is 0 Å². The van der Waals surface area contributed by atoms with Crippen LogP contribution in [0.5, 0.6) is 0 Å². The summed E-state index contributed by atoms with van der Waals surface area (Å²) in [6.07, 6.45) is 3.27. The molecule has 0 aliphatic carbocycles. The molecule has 19 heavy (non-hydrogen) atoms. The molecule has 2 aromatic rings. The van der Waals surface area contributed by atoms with Gasteiger partial charge in [-0.3, -0.25) is 0 Å². The van der Waals surface area contributed by atoms with Crippen molar-refractivity contribution in [1.82, 2.24) is 20.3 Å². The number of nitrogen functional groups attached to an aromatic ring is 1. The Balaban J connectivity index is 2.48. The standard InChI is InChI=1S/C13H16ClN5/c1-3-16-12(11-4-5-17-8(2)19-11)10-6-9(14)7-18-13(10)15/h4-7,12,16H,3H2,1-2H3,(H2,15,18). The van der Waals surface area contributed by atoms with Crippen LogP contribution in [0.15, 0.2) is 24.5 Å². The van der Waals surface area contributed by atoms with Gasteiger partial charge in [-0.2, -0.15) is 0 Å². The van der Waals surface area contributed by atoms with Gasteiger partial charge >= 0.3 is 0 Å². The molecule has 1 unspecified atom stereocenters. The largest absolute Gasteiger partial charge is 0.383 e. The van der Waals surface area contributed by atoms with Crippen LogP contribution in [0.3, 0.4) is 0 Å². The molecule has 0 saturated carbocycles. The van der Waals surface area contributed by atoms with Crippen molar-refractivity contribution in [2.24, 2.45) is 0 Å². The van der Waals surface area contributed by atoms with Crippen LogP contribution in [0.4, 0.5) is 5.82 Å². The maximum atomic E-state index is 6.00. The molecule has 0 aliphatic rings. The van der Waals surface area contributed by atoms with Gasteiger partial charge in [-0.1, -0.05) is 18.5 Å². The summed E-state index contributed by atoms with van der Waals surface area (Å²) in [5.41, 5.74) is 7.62. The molecule has 2 aromatic heterocycles. The zero-order valence-electron chi connectivity index (χ0n) is 10.9. The highest BCUT2D eigenvalue weighted by Gasteiger charge is 2.18. The molecule has 3 N–H and O–H groups in total. The molecule has 1 atom stereocenters. The van der Waals surface area contributed by atoms with Crippen molar-refractivity contribution in [2.75, 3.05) is 12.3 Å². The zero-order valence-corrected chi connectivity index (χ0v) is 11.6. The summed E-state index contributed by atoms with van der Waals surface area (Å²) in [6, 6.07) is 3.54. The Bertz CT molecular complexity index is 573. The van der Waals surface area contributed by atoms with E-state index in [0.29, 0.717) is 16.7 Å². The van der Waals surface area contributed by atoms with E-state index in [0.717, 1.165) is 17.8 Å². The molecule has 0 saturated heterocycles. The number of pyridine rings is 1. The Morgan fingerprint density at radius 3 is 2.89 bits per heavy atom. The minimum absolute atomic E-state index is 0.141. The summed E-state index contributed by atoms with van der Waals surface area (Å²) >= 11 is 6.00. The van der Waals surface area contributed by atoms with Crippen LogP contribution in [-0.4, -0.2) is 21.5 Å². The molecule has 2 rings (SSSR count). The third-order valence-electron chi connectivity index (χ3n) is 2.73. The average molecular weight is 278 g/mol. The Hall–Kier alpha value is -1.72. The number of hydrogen-bond acceptors (Lipinski definition) is 5. The van der Waals surface area contributed by atoms with Crippen molar-refractivity contribution in [3.05, 3.63) is 46.6 Å². The van der Waals surface area contributed by atoms with Crippen LogP contribution in [0, 0.1) is 6.92 Å². The first-order valence-electron chi connectivity index (χ1n) is 6.05. The summed E-state index contributed by atoms with van der Waals surface area (Å²) in [7, 11) is 0. The molecule has 0 radical (unpaired) electrons. The molecule has 0 spiro atoms. The zero-order chi connectivity index (χ0) is 13.8. The predicted octanol–water partition coefficient (Wildman–Crippen LogP) is 2.11. The predicted molar refractivity (Wildman–Crippen MR) is 75.9 cm³/mol. The molecular formula is C13H16ClN5. The molecule has 2 heterocycles. The van der Waals surface area contributed by atoms with E-state index in [1.807, 2.05) is 26.0 Å². The van der Waals surface area contributed by atoms with Crippen molar-refractivity contribution in [2.45, 2.75) is 19.9 Å². The lowest BCUT2D eigenvalue weighted by Crippen LogP contribution is -2.24. The number of nitrogens with one attached hydrogen (secondary N) is 1. The van der Waals surface area contributed by atoms with E-state index in [1.165, 1.54) is 6.20 Å². The lowest BCUT2D eigenvalue weighted by molar-refractivity contribution is 0.611. The number of aromatic nitrogens is 3. The summed E-state index contributed by atoms with van der Waals surface area (Å²) < 4.78 is 0. The van der Waals surface area contributed by atoms with Crippen molar-refractivity contribution in [3.63, 3.8) is 0 Å². The fraction of sp³-hybridized carbons (Fsp3) is 0.308. The van der Waals surface area contributed by atoms with Gasteiger partial charge in [-0.05, 0) is 25.6 Å². The highest BCUT2D eigenvalue weighted by Crippen LogP contribution is 2.26. The topological polar surface area (TPSA) is 76.7 Å². The minimum atomic E-state index is -0.141. The number of nitrogens with zero attached hydrogens (tertiary/aromatic N) is 3. The van der Waals surface area contributed by atoms with E-state index in [1.54, 1.807) is 6.20 Å². The minimum Gasteiger partial charge on any atom is -0.383 e. The van der Waals surface area contributed by atoms with Gasteiger partial charge in [0.2, 0.25) is 0 Å². The molecule has 6 heteroatoms. The third-order valence-corrected chi connectivity index (χ3v) is 2.94. The first-order valence-corrected chi connectivity index (χ1v) is 6.43. The summed E-state index contributed by atoms with van der Waals surface area (Å²) in [5.74, 6) is 1.17. The fourth-order valence-corrected chi connectivity index (χ4v) is 2.08. The van der Waals surface area contributed by atoms with Crippen LogP contribution in [0.25, 0.3) is 0 Å². The lowest BCUT2D eigenvalue weighted by Gasteiger charge is -2.19. The summed E-state index contributed by atoms with van der Waals surface area (Å²) in [5, 5.41) is 3.90. The van der Waals surface area contributed by atoms with Crippen LogP contribution >= 0.6 is 11.6 Å². The van der Waals surface area contributed by atoms with Gasteiger partial charge in [0.05, 0.1) is 16.8 Å². The molecule has 0 aliphatic heterocycles. The van der Waals surface area contributed by atoms with Gasteiger partial charge in [0, 0.05) is 18.0 Å². The first-order chi connectivity index (χ1) is 9.11. The van der Waals surface area contributed by atoms with E-state index in [-0.39, 0.29) is 6.04 Å². The van der Waals surface area contributed by atoms with Crippen molar-refractivity contribution in [1.29, 1.82) is 0 Å². The molecule has 0 aromatic carbocycles. The number of aryl methyl sites for hydroxylation is 1. The van der Waals surface area contributed by atoms with Crippen molar-refractivity contribution < 1.29 is 0 Å². The maximum absolute atomic E-state index is 6.00. The molecule has 0 amide bonds. The Morgan fingerprint density at radius 2 is 2.21 bits per heavy atom. The molecular weight excluding hydrogens is 262 g/mol. The molecule has 100 valence electrons. The summed E-state index contributed by atoms with van der Waals surface area (Å²) in [4.78, 5) is 12.6. The Kier molecular flexibility index (Phi) is 4.29. The maximum Gasteiger partial charge on any atom is 0.128 e. The first kappa shape index (κ1) is 13.7. The monoisotopic (exact) mass is 277 g/mol. The van der Waals surface area contributed by atoms with Gasteiger partial charge in [0.25, 0.3) is 0 Å². The van der Waals surface area contributed by atoms with Crippen LogP contribution in [0.2, 0.25) is 5.02 Å². The second kappa shape index (κ2) is 5.95. The van der Waals surface area contributed by atoms with Gasteiger partial charge in [-0.25, -0.2) is 15.0 Å². The van der Waals surface area contributed by atoms with Gasteiger partial charge < -0.3 is 11.1 Å². The number of hydrogen-bond donors (Lipinski definition) is 2. The normalized spacial score (nSPS) is 12.4. The fourth-order valence-electron chi connectivity index (χ4n) is 1.91. The molecule has 0 bridgehead atoms. The number of nitrogens with two attached hydrogens (primary N) is 1. The molecule has 0 fully saturated rings. The van der Waals surface area contributed by atoms with Gasteiger partial charge in [-0.15, -0.1) is 0 Å². The lowest BCUT2D eigenvalue weighted by atomic mass is 10.0. The Labute approximate surface area is 117 Å². The Morgan fingerprint density at radius 1 is 1.42 bits per heavy atom. The smallest absolute Gasteiger partial charge is 0.128 e. The summed E-state index contributed by atoms with van der Waals surface area (Å²) in [6.45, 7) is 4.65. The average Bonchev–Trinajstić information content (AvgIpc) is 2.39.